The van der Waals surface area contributed by atoms with E-state index in [4.69, 9.17) is 5.26 Å². The van der Waals surface area contributed by atoms with E-state index < -0.39 is 0 Å². The van der Waals surface area contributed by atoms with Gasteiger partial charge in [-0.25, -0.2) is 0 Å². The molecule has 0 N–H and O–H groups in total. The summed E-state index contributed by atoms with van der Waals surface area (Å²) in [5.41, 5.74) is 0. The molecule has 0 aliphatic rings. The zero-order valence-corrected chi connectivity index (χ0v) is 8.59. The molecule has 0 saturated carbocycles. The van der Waals surface area contributed by atoms with Crippen LogP contribution < -0.4 is 0 Å². The first-order valence-corrected chi connectivity index (χ1v) is 4.68. The normalized spacial score (nSPS) is 13.6. The monoisotopic (exact) mass is 184 g/mol. The molecule has 12 heavy (non-hydrogen) atoms. The molecule has 0 fully saturated rings. The largest absolute Gasteiger partial charge is 0.299 e. The van der Waals surface area contributed by atoms with Crippen LogP contribution in [0.5, 0.6) is 0 Å². The van der Waals surface area contributed by atoms with Gasteiger partial charge in [-0.15, -0.1) is 0 Å². The molecular weight excluding hydrogens is 168 g/mol. The lowest BCUT2D eigenvalue weighted by molar-refractivity contribution is 0.288. The number of thiol groups is 1. The first-order chi connectivity index (χ1) is 5.72. The summed E-state index contributed by atoms with van der Waals surface area (Å²) in [6.45, 7) is 2.95. The first-order valence-electron chi connectivity index (χ1n) is 4.05. The van der Waals surface area contributed by atoms with E-state index in [0.29, 0.717) is 12.5 Å². The fourth-order valence-corrected chi connectivity index (χ4v) is 0.932. The van der Waals surface area contributed by atoms with Crippen LogP contribution in [0, 0.1) is 11.3 Å². The Labute approximate surface area is 80.3 Å². The fourth-order valence-electron chi connectivity index (χ4n) is 0.783. The topological polar surface area (TPSA) is 27.0 Å². The zero-order chi connectivity index (χ0) is 9.40. The highest BCUT2D eigenvalue weighted by Crippen LogP contribution is 1.99. The van der Waals surface area contributed by atoms with Gasteiger partial charge in [-0.05, 0) is 14.0 Å². The molecule has 68 valence electrons. The third-order valence-corrected chi connectivity index (χ3v) is 2.02. The predicted octanol–water partition coefficient (Wildman–Crippen LogP) is 1.71. The van der Waals surface area contributed by atoms with Crippen LogP contribution in [0.4, 0.5) is 0 Å². The van der Waals surface area contributed by atoms with Gasteiger partial charge < -0.3 is 0 Å². The molecule has 0 aromatic heterocycles. The summed E-state index contributed by atoms with van der Waals surface area (Å²) < 4.78 is 0. The Morgan fingerprint density at radius 1 is 1.58 bits per heavy atom. The Hall–Kier alpha value is -0.460. The number of hydrogen-bond acceptors (Lipinski definition) is 3. The highest BCUT2D eigenvalue weighted by Gasteiger charge is 2.05. The van der Waals surface area contributed by atoms with Crippen molar-refractivity contribution in [2.24, 2.45) is 0 Å². The van der Waals surface area contributed by atoms with Crippen molar-refractivity contribution in [3.05, 3.63) is 12.2 Å². The SMILES string of the molecule is CC(CC#N)N(C)CC=CCS. The number of hydrogen-bond donors (Lipinski definition) is 1. The van der Waals surface area contributed by atoms with Gasteiger partial charge >= 0.3 is 0 Å². The standard InChI is InChI=1S/C9H16N2S/c1-9(5-6-10)11(2)7-3-4-8-12/h3-4,9,12H,5,7-8H2,1-2H3. The minimum absolute atomic E-state index is 0.333. The summed E-state index contributed by atoms with van der Waals surface area (Å²) in [4.78, 5) is 2.14. The molecule has 0 aromatic carbocycles. The number of nitriles is 1. The van der Waals surface area contributed by atoms with Crippen molar-refractivity contribution in [2.45, 2.75) is 19.4 Å². The van der Waals surface area contributed by atoms with E-state index in [-0.39, 0.29) is 0 Å². The molecule has 0 saturated heterocycles. The van der Waals surface area contributed by atoms with Crippen LogP contribution in [0.15, 0.2) is 12.2 Å². The maximum Gasteiger partial charge on any atom is 0.0638 e. The van der Waals surface area contributed by atoms with Gasteiger partial charge in [-0.3, -0.25) is 4.90 Å². The van der Waals surface area contributed by atoms with Crippen molar-refractivity contribution in [2.75, 3.05) is 19.3 Å². The lowest BCUT2D eigenvalue weighted by Crippen LogP contribution is -2.28. The van der Waals surface area contributed by atoms with E-state index in [2.05, 4.69) is 36.6 Å². The third kappa shape index (κ3) is 5.22. The quantitative estimate of drug-likeness (QED) is 0.520. The summed E-state index contributed by atoms with van der Waals surface area (Å²) in [6, 6.07) is 2.49. The van der Waals surface area contributed by atoms with Crippen LogP contribution in [0.25, 0.3) is 0 Å². The summed E-state index contributed by atoms with van der Waals surface area (Å²) in [5.74, 6) is 0.778. The zero-order valence-electron chi connectivity index (χ0n) is 7.70. The third-order valence-electron chi connectivity index (χ3n) is 1.80. The van der Waals surface area contributed by atoms with Crippen molar-refractivity contribution in [3.63, 3.8) is 0 Å². The first kappa shape index (κ1) is 11.5. The van der Waals surface area contributed by atoms with Gasteiger partial charge in [0, 0.05) is 18.3 Å². The van der Waals surface area contributed by atoms with Crippen molar-refractivity contribution >= 4 is 12.6 Å². The molecule has 1 unspecified atom stereocenters. The molecule has 0 rings (SSSR count). The van der Waals surface area contributed by atoms with Gasteiger partial charge in [-0.2, -0.15) is 17.9 Å². The van der Waals surface area contributed by atoms with Crippen LogP contribution in [0.3, 0.4) is 0 Å². The molecule has 0 aromatic rings. The molecular formula is C9H16N2S. The van der Waals surface area contributed by atoms with Crippen molar-refractivity contribution in [1.29, 1.82) is 5.26 Å². The van der Waals surface area contributed by atoms with Crippen molar-refractivity contribution in [3.8, 4) is 6.07 Å². The van der Waals surface area contributed by atoms with Crippen molar-refractivity contribution in [1.82, 2.24) is 4.90 Å². The van der Waals surface area contributed by atoms with Gasteiger partial charge in [-0.1, -0.05) is 12.2 Å². The van der Waals surface area contributed by atoms with Crippen LogP contribution in [0.2, 0.25) is 0 Å². The predicted molar refractivity (Wildman–Crippen MR) is 55.3 cm³/mol. The Balaban J connectivity index is 3.64. The van der Waals surface area contributed by atoms with E-state index in [9.17, 15) is 0 Å². The van der Waals surface area contributed by atoms with Gasteiger partial charge in [0.1, 0.15) is 0 Å². The number of rotatable bonds is 5. The molecule has 0 heterocycles. The molecule has 1 atom stereocenters. The van der Waals surface area contributed by atoms with Crippen LogP contribution in [0.1, 0.15) is 13.3 Å². The van der Waals surface area contributed by atoms with Crippen LogP contribution in [-0.4, -0.2) is 30.3 Å². The minimum Gasteiger partial charge on any atom is -0.299 e. The summed E-state index contributed by atoms with van der Waals surface area (Å²) in [5, 5.41) is 8.45. The molecule has 2 nitrogen and oxygen atoms in total. The van der Waals surface area contributed by atoms with E-state index in [1.54, 1.807) is 0 Å². The second-order valence-corrected chi connectivity index (χ2v) is 3.17. The van der Waals surface area contributed by atoms with E-state index in [1.165, 1.54) is 0 Å². The maximum atomic E-state index is 8.45. The Kier molecular flexibility index (Phi) is 6.93. The van der Waals surface area contributed by atoms with Crippen LogP contribution >= 0.6 is 12.6 Å². The Morgan fingerprint density at radius 3 is 2.75 bits per heavy atom. The van der Waals surface area contributed by atoms with Gasteiger partial charge in [0.2, 0.25) is 0 Å². The Morgan fingerprint density at radius 2 is 2.25 bits per heavy atom. The van der Waals surface area contributed by atoms with Crippen molar-refractivity contribution < 1.29 is 0 Å². The summed E-state index contributed by atoms with van der Waals surface area (Å²) in [6.07, 6.45) is 4.67. The lowest BCUT2D eigenvalue weighted by Gasteiger charge is -2.20. The average molecular weight is 184 g/mol. The molecule has 0 bridgehead atoms. The van der Waals surface area contributed by atoms with Crippen LogP contribution in [-0.2, 0) is 0 Å². The molecule has 0 amide bonds. The van der Waals surface area contributed by atoms with Gasteiger partial charge in [0.15, 0.2) is 0 Å². The summed E-state index contributed by atoms with van der Waals surface area (Å²) in [7, 11) is 2.02. The molecule has 0 radical (unpaired) electrons. The number of nitrogens with zero attached hydrogens (tertiary/aromatic N) is 2. The Bertz CT molecular complexity index is 172. The highest BCUT2D eigenvalue weighted by atomic mass is 32.1. The lowest BCUT2D eigenvalue weighted by atomic mass is 10.2. The molecule has 3 heteroatoms. The molecule has 0 aliphatic carbocycles. The molecule has 0 spiro atoms. The fraction of sp³-hybridized carbons (Fsp3) is 0.667. The van der Waals surface area contributed by atoms with E-state index >= 15 is 0 Å². The van der Waals surface area contributed by atoms with Gasteiger partial charge in [0.25, 0.3) is 0 Å². The smallest absolute Gasteiger partial charge is 0.0638 e. The second-order valence-electron chi connectivity index (χ2n) is 2.80. The average Bonchev–Trinajstić information content (AvgIpc) is 2.05. The number of likely N-dealkylation sites (N-methyl/N-ethyl adjacent to an activating group) is 1. The molecule has 0 aliphatic heterocycles. The van der Waals surface area contributed by atoms with Gasteiger partial charge in [0.05, 0.1) is 12.5 Å². The minimum atomic E-state index is 0.333. The highest BCUT2D eigenvalue weighted by molar-refractivity contribution is 7.80. The second kappa shape index (κ2) is 7.20. The summed E-state index contributed by atoms with van der Waals surface area (Å²) >= 11 is 4.06. The van der Waals surface area contributed by atoms with E-state index in [1.807, 2.05) is 13.1 Å². The van der Waals surface area contributed by atoms with E-state index in [0.717, 1.165) is 12.3 Å². The maximum absolute atomic E-state index is 8.45.